The number of hydrogen-bond acceptors (Lipinski definition) is 4. The molecule has 2 aliphatic heterocycles. The molecule has 0 aromatic heterocycles. The standard InChI is InChI=1S/C18H16NO4P/c1-19-17(20)10-12(18(19)21)11-24(22)16-9-5-3-7-14(16)13-6-2-4-8-15(13)23-24/h2-9,12H,10-11H2,1H3. The highest BCUT2D eigenvalue weighted by Gasteiger charge is 2.44. The monoisotopic (exact) mass is 341 g/mol. The molecule has 4 rings (SSSR count). The highest BCUT2D eigenvalue weighted by molar-refractivity contribution is 7.67. The fourth-order valence-electron chi connectivity index (χ4n) is 3.38. The topological polar surface area (TPSA) is 63.7 Å². The summed E-state index contributed by atoms with van der Waals surface area (Å²) in [6.45, 7) is 0. The number of rotatable bonds is 2. The van der Waals surface area contributed by atoms with E-state index in [4.69, 9.17) is 4.52 Å². The molecule has 2 aromatic carbocycles. The van der Waals surface area contributed by atoms with Gasteiger partial charge in [0.15, 0.2) is 0 Å². The normalized spacial score (nSPS) is 25.2. The maximum Gasteiger partial charge on any atom is 0.278 e. The first-order valence-electron chi connectivity index (χ1n) is 7.78. The van der Waals surface area contributed by atoms with Crippen molar-refractivity contribution in [3.63, 3.8) is 0 Å². The maximum absolute atomic E-state index is 13.6. The molecule has 0 saturated carbocycles. The quantitative estimate of drug-likeness (QED) is 0.622. The second-order valence-corrected chi connectivity index (χ2v) is 8.53. The van der Waals surface area contributed by atoms with Crippen LogP contribution in [0.15, 0.2) is 48.5 Å². The fourth-order valence-corrected chi connectivity index (χ4v) is 5.96. The first-order chi connectivity index (χ1) is 11.5. The minimum absolute atomic E-state index is 0.0489. The number of carbonyl (C=O) groups is 2. The van der Waals surface area contributed by atoms with Crippen molar-refractivity contribution in [2.45, 2.75) is 6.42 Å². The Labute approximate surface area is 139 Å². The number of benzene rings is 2. The molecule has 2 aliphatic rings. The summed E-state index contributed by atoms with van der Waals surface area (Å²) in [4.78, 5) is 25.1. The van der Waals surface area contributed by atoms with Crippen LogP contribution < -0.4 is 9.83 Å². The molecule has 2 amide bonds. The summed E-state index contributed by atoms with van der Waals surface area (Å²) in [5.74, 6) is -0.547. The van der Waals surface area contributed by atoms with E-state index in [1.807, 2.05) is 36.4 Å². The summed E-state index contributed by atoms with van der Waals surface area (Å²) < 4.78 is 19.5. The van der Waals surface area contributed by atoms with Crippen molar-refractivity contribution in [2.24, 2.45) is 5.92 Å². The van der Waals surface area contributed by atoms with Crippen LogP contribution in [0.3, 0.4) is 0 Å². The summed E-state index contributed by atoms with van der Waals surface area (Å²) in [5, 5.41) is 0.624. The predicted molar refractivity (Wildman–Crippen MR) is 90.5 cm³/mol. The van der Waals surface area contributed by atoms with Crippen LogP contribution in [-0.2, 0) is 14.2 Å². The Morgan fingerprint density at radius 2 is 1.75 bits per heavy atom. The molecule has 122 valence electrons. The van der Waals surface area contributed by atoms with E-state index < -0.39 is 13.3 Å². The third kappa shape index (κ3) is 2.20. The number of fused-ring (bicyclic) bond motifs is 3. The lowest BCUT2D eigenvalue weighted by atomic mass is 10.0. The van der Waals surface area contributed by atoms with Gasteiger partial charge in [0, 0.05) is 19.0 Å². The van der Waals surface area contributed by atoms with E-state index in [0.29, 0.717) is 11.1 Å². The highest BCUT2D eigenvalue weighted by Crippen LogP contribution is 2.56. The smallest absolute Gasteiger partial charge is 0.278 e. The molecule has 0 N–H and O–H groups in total. The Morgan fingerprint density at radius 3 is 2.46 bits per heavy atom. The molecule has 2 atom stereocenters. The van der Waals surface area contributed by atoms with Gasteiger partial charge in [-0.2, -0.15) is 0 Å². The fraction of sp³-hybridized carbons (Fsp3) is 0.222. The van der Waals surface area contributed by atoms with Crippen molar-refractivity contribution < 1.29 is 18.7 Å². The van der Waals surface area contributed by atoms with Gasteiger partial charge in [-0.05, 0) is 17.7 Å². The average Bonchev–Trinajstić information content (AvgIpc) is 2.82. The molecule has 24 heavy (non-hydrogen) atoms. The van der Waals surface area contributed by atoms with Crippen LogP contribution >= 0.6 is 7.37 Å². The van der Waals surface area contributed by atoms with E-state index in [-0.39, 0.29) is 24.4 Å². The van der Waals surface area contributed by atoms with Crippen LogP contribution in [0.1, 0.15) is 6.42 Å². The van der Waals surface area contributed by atoms with E-state index in [1.54, 1.807) is 12.1 Å². The van der Waals surface area contributed by atoms with E-state index >= 15 is 0 Å². The molecule has 2 aromatic rings. The molecular formula is C18H16NO4P. The molecule has 0 radical (unpaired) electrons. The molecule has 5 nitrogen and oxygen atoms in total. The van der Waals surface area contributed by atoms with Crippen molar-refractivity contribution in [1.29, 1.82) is 0 Å². The van der Waals surface area contributed by atoms with Gasteiger partial charge in [-0.3, -0.25) is 19.1 Å². The van der Waals surface area contributed by atoms with Crippen LogP contribution in [0.4, 0.5) is 0 Å². The zero-order valence-electron chi connectivity index (χ0n) is 13.1. The summed E-state index contributed by atoms with van der Waals surface area (Å²) in [5.41, 5.74) is 1.76. The lowest BCUT2D eigenvalue weighted by molar-refractivity contribution is -0.137. The summed E-state index contributed by atoms with van der Waals surface area (Å²) >= 11 is 0. The first-order valence-corrected chi connectivity index (χ1v) is 9.59. The SMILES string of the molecule is CN1C(=O)CC(CP2(=O)Oc3ccccc3-c3ccccc32)C1=O. The molecule has 0 bridgehead atoms. The molecule has 0 aliphatic carbocycles. The van der Waals surface area contributed by atoms with E-state index in [1.165, 1.54) is 7.05 Å². The number of hydrogen-bond donors (Lipinski definition) is 0. The van der Waals surface area contributed by atoms with Crippen molar-refractivity contribution in [3.8, 4) is 16.9 Å². The minimum Gasteiger partial charge on any atom is -0.439 e. The highest BCUT2D eigenvalue weighted by atomic mass is 31.2. The Kier molecular flexibility index (Phi) is 3.36. The third-order valence-corrected chi connectivity index (χ3v) is 7.17. The molecule has 6 heteroatoms. The molecule has 0 spiro atoms. The largest absolute Gasteiger partial charge is 0.439 e. The van der Waals surface area contributed by atoms with Gasteiger partial charge in [0.1, 0.15) is 5.75 Å². The van der Waals surface area contributed by atoms with Gasteiger partial charge >= 0.3 is 0 Å². The molecular weight excluding hydrogens is 325 g/mol. The zero-order chi connectivity index (χ0) is 16.9. The predicted octanol–water partition coefficient (Wildman–Crippen LogP) is 2.65. The molecule has 1 saturated heterocycles. The number of carbonyl (C=O) groups excluding carboxylic acids is 2. The van der Waals surface area contributed by atoms with Crippen molar-refractivity contribution >= 4 is 24.5 Å². The van der Waals surface area contributed by atoms with Gasteiger partial charge in [-0.1, -0.05) is 36.4 Å². The minimum atomic E-state index is -3.28. The van der Waals surface area contributed by atoms with Crippen molar-refractivity contribution in [1.82, 2.24) is 4.90 Å². The Balaban J connectivity index is 1.78. The second kappa shape index (κ2) is 5.32. The Bertz CT molecular complexity index is 907. The maximum atomic E-state index is 13.6. The van der Waals surface area contributed by atoms with Crippen LogP contribution in [0.25, 0.3) is 11.1 Å². The number of likely N-dealkylation sites (tertiary alicyclic amines) is 1. The Hall–Kier alpha value is -2.39. The molecule has 1 fully saturated rings. The average molecular weight is 341 g/mol. The van der Waals surface area contributed by atoms with Crippen LogP contribution in [0.5, 0.6) is 5.75 Å². The number of nitrogens with zero attached hydrogens (tertiary/aromatic N) is 1. The lowest BCUT2D eigenvalue weighted by Gasteiger charge is -2.29. The number of imide groups is 1. The van der Waals surface area contributed by atoms with E-state index in [0.717, 1.165) is 16.0 Å². The number of para-hydroxylation sites is 1. The van der Waals surface area contributed by atoms with Crippen molar-refractivity contribution in [2.75, 3.05) is 13.2 Å². The van der Waals surface area contributed by atoms with Gasteiger partial charge < -0.3 is 4.52 Å². The van der Waals surface area contributed by atoms with Gasteiger partial charge in [0.2, 0.25) is 11.8 Å². The van der Waals surface area contributed by atoms with Crippen LogP contribution in [-0.4, -0.2) is 29.9 Å². The van der Waals surface area contributed by atoms with Gasteiger partial charge in [-0.25, -0.2) is 0 Å². The first kappa shape index (κ1) is 15.2. The Morgan fingerprint density at radius 1 is 1.08 bits per heavy atom. The summed E-state index contributed by atoms with van der Waals surface area (Å²) in [7, 11) is -1.81. The van der Waals surface area contributed by atoms with Gasteiger partial charge in [0.25, 0.3) is 7.37 Å². The van der Waals surface area contributed by atoms with Gasteiger partial charge in [0.05, 0.1) is 17.4 Å². The van der Waals surface area contributed by atoms with Gasteiger partial charge in [-0.15, -0.1) is 0 Å². The van der Waals surface area contributed by atoms with Crippen LogP contribution in [0, 0.1) is 5.92 Å². The van der Waals surface area contributed by atoms with E-state index in [2.05, 4.69) is 0 Å². The molecule has 2 heterocycles. The summed E-state index contributed by atoms with van der Waals surface area (Å²) in [6, 6.07) is 14.9. The second-order valence-electron chi connectivity index (χ2n) is 6.15. The molecule has 2 unspecified atom stereocenters. The lowest BCUT2D eigenvalue weighted by Crippen LogP contribution is -2.29. The van der Waals surface area contributed by atoms with Crippen molar-refractivity contribution in [3.05, 3.63) is 48.5 Å². The third-order valence-electron chi connectivity index (χ3n) is 4.63. The summed E-state index contributed by atoms with van der Waals surface area (Å²) in [6.07, 6.45) is 0.139. The number of amides is 2. The van der Waals surface area contributed by atoms with E-state index in [9.17, 15) is 14.2 Å². The van der Waals surface area contributed by atoms with Crippen LogP contribution in [0.2, 0.25) is 0 Å². The zero-order valence-corrected chi connectivity index (χ0v) is 14.0.